The van der Waals surface area contributed by atoms with E-state index in [1.165, 1.54) is 4.31 Å². The molecule has 0 bridgehead atoms. The Labute approximate surface area is 209 Å². The summed E-state index contributed by atoms with van der Waals surface area (Å²) in [6, 6.07) is 26.9. The number of hydrazone groups is 2. The zero-order chi connectivity index (χ0) is 25.4. The van der Waals surface area contributed by atoms with Gasteiger partial charge < -0.3 is 0 Å². The van der Waals surface area contributed by atoms with Crippen molar-refractivity contribution in [2.45, 2.75) is 12.8 Å². The number of hydrogen-bond acceptors (Lipinski definition) is 7. The van der Waals surface area contributed by atoms with E-state index in [9.17, 15) is 18.5 Å². The first-order valence-electron chi connectivity index (χ1n) is 11.3. The van der Waals surface area contributed by atoms with E-state index < -0.39 is 15.9 Å². The molecule has 36 heavy (non-hydrogen) atoms. The van der Waals surface area contributed by atoms with Crippen LogP contribution >= 0.6 is 0 Å². The number of benzene rings is 3. The number of nitrogens with zero attached hydrogens (tertiary/aromatic N) is 4. The third-order valence-corrected chi connectivity index (χ3v) is 7.36. The van der Waals surface area contributed by atoms with Crippen LogP contribution in [-0.2, 0) is 14.8 Å². The molecule has 3 aromatic carbocycles. The van der Waals surface area contributed by atoms with Gasteiger partial charge in [0.2, 0.25) is 15.7 Å². The molecule has 0 aromatic heterocycles. The van der Waals surface area contributed by atoms with E-state index in [2.05, 4.69) is 21.1 Å². The average Bonchev–Trinajstić information content (AvgIpc) is 2.90. The van der Waals surface area contributed by atoms with Gasteiger partial charge in [-0.05, 0) is 37.1 Å². The van der Waals surface area contributed by atoms with Gasteiger partial charge in [-0.15, -0.1) is 0 Å². The number of nitriles is 1. The number of rotatable bonds is 7. The van der Waals surface area contributed by atoms with Gasteiger partial charge in [-0.2, -0.15) is 15.5 Å². The van der Waals surface area contributed by atoms with Crippen LogP contribution in [0.3, 0.4) is 0 Å². The number of amides is 1. The predicted octanol–water partition coefficient (Wildman–Crippen LogP) is 3.48. The summed E-state index contributed by atoms with van der Waals surface area (Å²) in [7, 11) is -3.33. The minimum Gasteiger partial charge on any atom is -0.277 e. The molecule has 0 aliphatic carbocycles. The molecule has 0 radical (unpaired) electrons. The molecule has 0 atom stereocenters. The smallest absolute Gasteiger partial charge is 0.277 e. The standard InChI is InChI=1S/C26H24N6O3S/c27-19-24(29-28-22-11-5-2-6-12-22)26(33)31-30-25(20-9-3-1-4-10-20)21-13-15-23(16-14-21)32-17-7-8-18-36(32,34)35/h1-6,9-16,28H,7-8,17-18H2,(H,31,33)/b29-24?,30-25+. The Bertz CT molecular complexity index is 1410. The van der Waals surface area contributed by atoms with Gasteiger partial charge in [0.05, 0.1) is 22.8 Å². The van der Waals surface area contributed by atoms with Crippen molar-refractivity contribution in [2.75, 3.05) is 22.0 Å². The maximum Gasteiger partial charge on any atom is 0.302 e. The highest BCUT2D eigenvalue weighted by molar-refractivity contribution is 7.92. The fourth-order valence-corrected chi connectivity index (χ4v) is 5.32. The molecule has 1 aliphatic rings. The normalized spacial score (nSPS) is 15.6. The van der Waals surface area contributed by atoms with E-state index in [-0.39, 0.29) is 11.5 Å². The van der Waals surface area contributed by atoms with Crippen LogP contribution in [0.15, 0.2) is 95.1 Å². The first-order valence-corrected chi connectivity index (χ1v) is 12.9. The SMILES string of the molecule is N#CC(=NNc1ccccc1)C(=O)N/N=C(\c1ccccc1)c1ccc(N2CCCCS2(=O)=O)cc1. The molecule has 0 saturated carbocycles. The van der Waals surface area contributed by atoms with E-state index in [0.717, 1.165) is 12.0 Å². The summed E-state index contributed by atoms with van der Waals surface area (Å²) >= 11 is 0. The Balaban J connectivity index is 1.58. The molecule has 1 amide bonds. The molecule has 10 heteroatoms. The van der Waals surface area contributed by atoms with E-state index in [1.54, 1.807) is 54.6 Å². The number of sulfonamides is 1. The van der Waals surface area contributed by atoms with Gasteiger partial charge in [0.15, 0.2) is 0 Å². The van der Waals surface area contributed by atoms with Crippen LogP contribution in [0.4, 0.5) is 11.4 Å². The molecule has 0 spiro atoms. The lowest BCUT2D eigenvalue weighted by Crippen LogP contribution is -2.37. The molecule has 1 fully saturated rings. The van der Waals surface area contributed by atoms with Crippen molar-refractivity contribution in [1.29, 1.82) is 5.26 Å². The minimum atomic E-state index is -3.33. The van der Waals surface area contributed by atoms with Crippen LogP contribution in [0.5, 0.6) is 0 Å². The van der Waals surface area contributed by atoms with Gasteiger partial charge in [0.1, 0.15) is 6.07 Å². The summed E-state index contributed by atoms with van der Waals surface area (Å²) in [5.41, 5.74) is 7.75. The Kier molecular flexibility index (Phi) is 7.72. The molecule has 182 valence electrons. The zero-order valence-electron chi connectivity index (χ0n) is 19.3. The molecule has 0 unspecified atom stereocenters. The zero-order valence-corrected chi connectivity index (χ0v) is 20.1. The van der Waals surface area contributed by atoms with Crippen LogP contribution in [0, 0.1) is 11.3 Å². The lowest BCUT2D eigenvalue weighted by molar-refractivity contribution is -0.114. The lowest BCUT2D eigenvalue weighted by Gasteiger charge is -2.28. The monoisotopic (exact) mass is 500 g/mol. The second kappa shape index (κ2) is 11.3. The van der Waals surface area contributed by atoms with Crippen molar-refractivity contribution < 1.29 is 13.2 Å². The van der Waals surface area contributed by atoms with Crippen molar-refractivity contribution in [3.8, 4) is 6.07 Å². The highest BCUT2D eigenvalue weighted by atomic mass is 32.2. The van der Waals surface area contributed by atoms with Crippen LogP contribution < -0.4 is 15.2 Å². The van der Waals surface area contributed by atoms with E-state index in [4.69, 9.17) is 0 Å². The molecule has 1 saturated heterocycles. The van der Waals surface area contributed by atoms with Crippen LogP contribution in [0.2, 0.25) is 0 Å². The van der Waals surface area contributed by atoms with E-state index in [0.29, 0.717) is 35.6 Å². The van der Waals surface area contributed by atoms with Crippen molar-refractivity contribution >= 4 is 38.7 Å². The van der Waals surface area contributed by atoms with Crippen molar-refractivity contribution in [3.63, 3.8) is 0 Å². The lowest BCUT2D eigenvalue weighted by atomic mass is 10.0. The number of para-hydroxylation sites is 1. The van der Waals surface area contributed by atoms with E-state index >= 15 is 0 Å². The van der Waals surface area contributed by atoms with Crippen LogP contribution in [0.25, 0.3) is 0 Å². The summed E-state index contributed by atoms with van der Waals surface area (Å²) in [5.74, 6) is -0.634. The van der Waals surface area contributed by atoms with Gasteiger partial charge in [-0.3, -0.25) is 14.5 Å². The Morgan fingerprint density at radius 2 is 1.50 bits per heavy atom. The quantitative estimate of drug-likeness (QED) is 0.379. The Hall–Kier alpha value is -4.49. The molecular weight excluding hydrogens is 476 g/mol. The molecule has 1 heterocycles. The van der Waals surface area contributed by atoms with Crippen molar-refractivity contribution in [2.24, 2.45) is 10.2 Å². The number of carbonyl (C=O) groups is 1. The third-order valence-electron chi connectivity index (χ3n) is 5.49. The number of nitrogens with one attached hydrogen (secondary N) is 2. The predicted molar refractivity (Wildman–Crippen MR) is 140 cm³/mol. The maximum absolute atomic E-state index is 12.6. The summed E-state index contributed by atoms with van der Waals surface area (Å²) in [6.45, 7) is 0.449. The minimum absolute atomic E-state index is 0.138. The van der Waals surface area contributed by atoms with Crippen LogP contribution in [0.1, 0.15) is 24.0 Å². The molecule has 2 N–H and O–H groups in total. The fraction of sp³-hybridized carbons (Fsp3) is 0.154. The summed E-state index contributed by atoms with van der Waals surface area (Å²) in [6.07, 6.45) is 1.47. The highest BCUT2D eigenvalue weighted by Crippen LogP contribution is 2.24. The largest absolute Gasteiger partial charge is 0.302 e. The van der Waals surface area contributed by atoms with E-state index in [1.807, 2.05) is 36.4 Å². The van der Waals surface area contributed by atoms with Gasteiger partial charge in [0, 0.05) is 17.7 Å². The summed E-state index contributed by atoms with van der Waals surface area (Å²) in [4.78, 5) is 12.6. The van der Waals surface area contributed by atoms with Crippen molar-refractivity contribution in [1.82, 2.24) is 5.43 Å². The number of anilines is 2. The number of hydrogen-bond donors (Lipinski definition) is 2. The molecule has 3 aromatic rings. The maximum atomic E-state index is 12.6. The van der Waals surface area contributed by atoms with Gasteiger partial charge in [-0.1, -0.05) is 60.7 Å². The van der Waals surface area contributed by atoms with Gasteiger partial charge in [-0.25, -0.2) is 13.8 Å². The van der Waals surface area contributed by atoms with Crippen molar-refractivity contribution in [3.05, 3.63) is 96.1 Å². The average molecular weight is 501 g/mol. The van der Waals surface area contributed by atoms with Gasteiger partial charge >= 0.3 is 5.91 Å². The van der Waals surface area contributed by atoms with Crippen LogP contribution in [-0.4, -0.2) is 38.0 Å². The highest BCUT2D eigenvalue weighted by Gasteiger charge is 2.26. The topological polar surface area (TPSA) is 127 Å². The molecular formula is C26H24N6O3S. The second-order valence-corrected chi connectivity index (χ2v) is 9.97. The van der Waals surface area contributed by atoms with Gasteiger partial charge in [0.25, 0.3) is 0 Å². The molecule has 1 aliphatic heterocycles. The fourth-order valence-electron chi connectivity index (χ4n) is 3.68. The molecule has 4 rings (SSSR count). The Morgan fingerprint density at radius 1 is 0.861 bits per heavy atom. The summed E-state index contributed by atoms with van der Waals surface area (Å²) < 4.78 is 26.3. The first-order chi connectivity index (χ1) is 17.5. The third kappa shape index (κ3) is 5.95. The number of carbonyl (C=O) groups excluding carboxylic acids is 1. The molecule has 9 nitrogen and oxygen atoms in total. The Morgan fingerprint density at radius 3 is 2.14 bits per heavy atom. The second-order valence-electron chi connectivity index (χ2n) is 7.96. The summed E-state index contributed by atoms with van der Waals surface area (Å²) in [5, 5.41) is 17.5. The first kappa shape index (κ1) is 24.6.